The van der Waals surface area contributed by atoms with Crippen LogP contribution in [-0.4, -0.2) is 35.9 Å². The number of carbonyl (C=O) groups is 2. The van der Waals surface area contributed by atoms with Crippen molar-refractivity contribution in [2.75, 3.05) is 23.8 Å². The Morgan fingerprint density at radius 2 is 1.69 bits per heavy atom. The monoisotopic (exact) mass is 434 g/mol. The normalized spacial score (nSPS) is 11.1. The number of hydrogen-bond acceptors (Lipinski definition) is 5. The van der Waals surface area contributed by atoms with E-state index in [0.717, 1.165) is 10.8 Å². The van der Waals surface area contributed by atoms with Gasteiger partial charge in [0.2, 0.25) is 5.91 Å². The number of carbonyl (C=O) groups excluding carboxylic acids is 2. The molecule has 32 heavy (non-hydrogen) atoms. The molecule has 0 unspecified atom stereocenters. The molecule has 3 rings (SSSR count). The van der Waals surface area contributed by atoms with Gasteiger partial charge < -0.3 is 15.5 Å². The fourth-order valence-corrected chi connectivity index (χ4v) is 3.36. The second kappa shape index (κ2) is 9.05. The molecule has 166 valence electrons. The molecular formula is C24H26N4O4. The van der Waals surface area contributed by atoms with Crippen molar-refractivity contribution in [2.45, 2.75) is 26.3 Å². The fraction of sp³-hybridized carbons (Fsp3) is 0.250. The van der Waals surface area contributed by atoms with Crippen molar-refractivity contribution in [3.63, 3.8) is 0 Å². The maximum absolute atomic E-state index is 12.7. The highest BCUT2D eigenvalue weighted by Crippen LogP contribution is 2.29. The Labute approximate surface area is 186 Å². The van der Waals surface area contributed by atoms with Gasteiger partial charge >= 0.3 is 0 Å². The molecule has 0 saturated heterocycles. The van der Waals surface area contributed by atoms with Crippen molar-refractivity contribution < 1.29 is 14.5 Å². The standard InChI is InChI=1S/C24H26N4O4/c1-24(2,3)26-22(29)15-27(4)20-12-10-18(14-21(20)28(31)32)23(30)25-19-11-9-16-7-5-6-8-17(16)13-19/h5-14H,15H2,1-4H3,(H,25,30)(H,26,29). The summed E-state index contributed by atoms with van der Waals surface area (Å²) in [6.07, 6.45) is 0. The van der Waals surface area contributed by atoms with Crippen molar-refractivity contribution in [1.82, 2.24) is 5.32 Å². The van der Waals surface area contributed by atoms with Crippen LogP contribution in [0.3, 0.4) is 0 Å². The molecule has 0 aliphatic carbocycles. The highest BCUT2D eigenvalue weighted by molar-refractivity contribution is 6.06. The Hall–Kier alpha value is -3.94. The van der Waals surface area contributed by atoms with Crippen LogP contribution in [-0.2, 0) is 4.79 Å². The summed E-state index contributed by atoms with van der Waals surface area (Å²) >= 11 is 0. The summed E-state index contributed by atoms with van der Waals surface area (Å²) in [4.78, 5) is 37.5. The number of likely N-dealkylation sites (N-methyl/N-ethyl adjacent to an activating group) is 1. The number of benzene rings is 3. The topological polar surface area (TPSA) is 105 Å². The molecule has 3 aromatic carbocycles. The molecule has 0 radical (unpaired) electrons. The van der Waals surface area contributed by atoms with E-state index >= 15 is 0 Å². The lowest BCUT2D eigenvalue weighted by Gasteiger charge is -2.24. The Kier molecular flexibility index (Phi) is 6.43. The second-order valence-corrected chi connectivity index (χ2v) is 8.63. The second-order valence-electron chi connectivity index (χ2n) is 8.63. The Morgan fingerprint density at radius 1 is 1.00 bits per heavy atom. The first-order chi connectivity index (χ1) is 15.0. The SMILES string of the molecule is CN(CC(=O)NC(C)(C)C)c1ccc(C(=O)Nc2ccc3ccccc3c2)cc1[N+](=O)[O-]. The minimum Gasteiger partial charge on any atom is -0.360 e. The van der Waals surface area contributed by atoms with Crippen LogP contribution in [0, 0.1) is 10.1 Å². The number of hydrogen-bond donors (Lipinski definition) is 2. The number of amides is 2. The van der Waals surface area contributed by atoms with Crippen LogP contribution in [0.2, 0.25) is 0 Å². The van der Waals surface area contributed by atoms with E-state index in [1.165, 1.54) is 23.1 Å². The summed E-state index contributed by atoms with van der Waals surface area (Å²) in [5, 5.41) is 19.3. The third-order valence-corrected chi connectivity index (χ3v) is 4.75. The van der Waals surface area contributed by atoms with E-state index in [0.29, 0.717) is 5.69 Å². The van der Waals surface area contributed by atoms with E-state index in [4.69, 9.17) is 0 Å². The van der Waals surface area contributed by atoms with Gasteiger partial charge in [-0.25, -0.2) is 0 Å². The van der Waals surface area contributed by atoms with Gasteiger partial charge in [0.05, 0.1) is 11.5 Å². The van der Waals surface area contributed by atoms with E-state index in [1.54, 1.807) is 13.1 Å². The molecule has 0 spiro atoms. The van der Waals surface area contributed by atoms with Crippen LogP contribution in [0.15, 0.2) is 60.7 Å². The predicted octanol–water partition coefficient (Wildman–Crippen LogP) is 4.35. The quantitative estimate of drug-likeness (QED) is 0.443. The van der Waals surface area contributed by atoms with Crippen molar-refractivity contribution in [2.24, 2.45) is 0 Å². The molecule has 0 atom stereocenters. The molecule has 0 aliphatic rings. The average Bonchev–Trinajstić information content (AvgIpc) is 2.71. The van der Waals surface area contributed by atoms with Crippen molar-refractivity contribution in [1.29, 1.82) is 0 Å². The zero-order chi connectivity index (χ0) is 23.5. The molecule has 0 aliphatic heterocycles. The molecule has 0 aromatic heterocycles. The van der Waals surface area contributed by atoms with Crippen LogP contribution in [0.5, 0.6) is 0 Å². The molecule has 0 bridgehead atoms. The smallest absolute Gasteiger partial charge is 0.293 e. The lowest BCUT2D eigenvalue weighted by atomic mass is 10.1. The maximum atomic E-state index is 12.7. The minimum absolute atomic E-state index is 0.0548. The zero-order valence-corrected chi connectivity index (χ0v) is 18.5. The maximum Gasteiger partial charge on any atom is 0.293 e. The molecule has 0 saturated carbocycles. The number of fused-ring (bicyclic) bond motifs is 1. The molecule has 0 fully saturated rings. The predicted molar refractivity (Wildman–Crippen MR) is 126 cm³/mol. The van der Waals surface area contributed by atoms with E-state index in [9.17, 15) is 19.7 Å². The van der Waals surface area contributed by atoms with Gasteiger partial charge in [-0.1, -0.05) is 30.3 Å². The first-order valence-corrected chi connectivity index (χ1v) is 10.1. The minimum atomic E-state index is -0.555. The van der Waals surface area contributed by atoms with Gasteiger partial charge in [-0.15, -0.1) is 0 Å². The number of anilines is 2. The Balaban J connectivity index is 1.80. The first kappa shape index (κ1) is 22.7. The van der Waals surface area contributed by atoms with Gasteiger partial charge in [-0.05, 0) is 55.8 Å². The molecule has 8 heteroatoms. The van der Waals surface area contributed by atoms with Gasteiger partial charge in [-0.2, -0.15) is 0 Å². The van der Waals surface area contributed by atoms with E-state index in [1.807, 2.05) is 57.2 Å². The van der Waals surface area contributed by atoms with Gasteiger partial charge in [0.15, 0.2) is 0 Å². The Morgan fingerprint density at radius 3 is 2.34 bits per heavy atom. The van der Waals surface area contributed by atoms with Gasteiger partial charge in [-0.3, -0.25) is 19.7 Å². The summed E-state index contributed by atoms with van der Waals surface area (Å²) in [5.41, 5.74) is 0.343. The summed E-state index contributed by atoms with van der Waals surface area (Å²) in [5.74, 6) is -0.713. The number of nitrogens with zero attached hydrogens (tertiary/aromatic N) is 2. The van der Waals surface area contributed by atoms with Crippen molar-refractivity contribution in [3.8, 4) is 0 Å². The highest BCUT2D eigenvalue weighted by atomic mass is 16.6. The largest absolute Gasteiger partial charge is 0.360 e. The van der Waals surface area contributed by atoms with E-state index in [2.05, 4.69) is 10.6 Å². The van der Waals surface area contributed by atoms with Gasteiger partial charge in [0.25, 0.3) is 11.6 Å². The van der Waals surface area contributed by atoms with Gasteiger partial charge in [0.1, 0.15) is 5.69 Å². The van der Waals surface area contributed by atoms with Crippen LogP contribution >= 0.6 is 0 Å². The molecule has 3 aromatic rings. The lowest BCUT2D eigenvalue weighted by Crippen LogP contribution is -2.45. The number of rotatable bonds is 6. The lowest BCUT2D eigenvalue weighted by molar-refractivity contribution is -0.384. The van der Waals surface area contributed by atoms with Crippen LogP contribution in [0.4, 0.5) is 17.1 Å². The zero-order valence-electron chi connectivity index (χ0n) is 18.5. The summed E-state index contributed by atoms with van der Waals surface area (Å²) in [6, 6.07) is 17.5. The first-order valence-electron chi connectivity index (χ1n) is 10.1. The highest BCUT2D eigenvalue weighted by Gasteiger charge is 2.23. The van der Waals surface area contributed by atoms with E-state index < -0.39 is 16.4 Å². The number of nitro groups is 1. The van der Waals surface area contributed by atoms with Crippen molar-refractivity contribution >= 4 is 39.6 Å². The third-order valence-electron chi connectivity index (χ3n) is 4.75. The Bertz CT molecular complexity index is 1180. The third kappa shape index (κ3) is 5.60. The molecule has 2 N–H and O–H groups in total. The van der Waals surface area contributed by atoms with E-state index in [-0.39, 0.29) is 29.4 Å². The summed E-state index contributed by atoms with van der Waals surface area (Å²) < 4.78 is 0. The summed E-state index contributed by atoms with van der Waals surface area (Å²) in [7, 11) is 1.60. The molecule has 2 amide bonds. The van der Waals surface area contributed by atoms with Crippen LogP contribution in [0.1, 0.15) is 31.1 Å². The fourth-order valence-electron chi connectivity index (χ4n) is 3.36. The van der Waals surface area contributed by atoms with Gasteiger partial charge in [0, 0.05) is 29.9 Å². The molecule has 0 heterocycles. The number of nitro benzene ring substituents is 1. The molecule has 8 nitrogen and oxygen atoms in total. The molecular weight excluding hydrogens is 408 g/mol. The van der Waals surface area contributed by atoms with Crippen LogP contribution < -0.4 is 15.5 Å². The van der Waals surface area contributed by atoms with Crippen LogP contribution in [0.25, 0.3) is 10.8 Å². The number of nitrogens with one attached hydrogen (secondary N) is 2. The average molecular weight is 434 g/mol. The summed E-state index contributed by atoms with van der Waals surface area (Å²) in [6.45, 7) is 5.52. The van der Waals surface area contributed by atoms with Crippen molar-refractivity contribution in [3.05, 3.63) is 76.3 Å².